The molecule has 5 nitrogen and oxygen atoms in total. The third kappa shape index (κ3) is 3.40. The quantitative estimate of drug-likeness (QED) is 0.605. The van der Waals surface area contributed by atoms with Crippen molar-refractivity contribution < 1.29 is 20.1 Å². The summed E-state index contributed by atoms with van der Waals surface area (Å²) >= 11 is 0. The topological polar surface area (TPSA) is 82.0 Å². The molecule has 0 amide bonds. The van der Waals surface area contributed by atoms with E-state index in [2.05, 4.69) is 5.32 Å². The molecule has 2 aromatic carbocycles. The molecule has 0 saturated carbocycles. The predicted molar refractivity (Wildman–Crippen MR) is 75.5 cm³/mol. The van der Waals surface area contributed by atoms with Gasteiger partial charge in [-0.05, 0) is 18.2 Å². The number of aliphatic hydroxyl groups excluding tert-OH is 2. The minimum atomic E-state index is -0.278. The van der Waals surface area contributed by atoms with E-state index < -0.39 is 0 Å². The minimum Gasteiger partial charge on any atom is -0.508 e. The molecule has 0 heterocycles. The van der Waals surface area contributed by atoms with Crippen LogP contribution in [0.1, 0.15) is 11.1 Å². The largest absolute Gasteiger partial charge is 0.508 e. The molecule has 2 rings (SSSR count). The van der Waals surface area contributed by atoms with Gasteiger partial charge in [-0.2, -0.15) is 0 Å². The van der Waals surface area contributed by atoms with E-state index in [9.17, 15) is 10.2 Å². The maximum atomic E-state index is 9.71. The zero-order valence-electron chi connectivity index (χ0n) is 10.9. The van der Waals surface area contributed by atoms with Crippen LogP contribution in [0.4, 0.5) is 5.69 Å². The fourth-order valence-corrected chi connectivity index (χ4v) is 1.82. The monoisotopic (exact) mass is 275 g/mol. The molecule has 5 heteroatoms. The first-order valence-electron chi connectivity index (χ1n) is 6.22. The number of aliphatic hydroxyl groups is 2. The molecule has 0 radical (unpaired) electrons. The van der Waals surface area contributed by atoms with Crippen LogP contribution in [0.25, 0.3) is 0 Å². The fourth-order valence-electron chi connectivity index (χ4n) is 1.82. The van der Waals surface area contributed by atoms with Crippen molar-refractivity contribution in [2.45, 2.75) is 13.2 Å². The van der Waals surface area contributed by atoms with Crippen molar-refractivity contribution in [3.05, 3.63) is 53.6 Å². The van der Waals surface area contributed by atoms with Gasteiger partial charge in [0.1, 0.15) is 11.5 Å². The number of aromatic hydroxyl groups is 1. The average molecular weight is 275 g/mol. The van der Waals surface area contributed by atoms with Crippen molar-refractivity contribution in [1.82, 2.24) is 0 Å². The molecule has 2 aromatic rings. The number of phenols is 1. The average Bonchev–Trinajstić information content (AvgIpc) is 2.48. The molecule has 0 aromatic heterocycles. The number of para-hydroxylation sites is 1. The zero-order valence-corrected chi connectivity index (χ0v) is 10.9. The highest BCUT2D eigenvalue weighted by Gasteiger charge is 2.08. The minimum absolute atomic E-state index is 0.0214. The van der Waals surface area contributed by atoms with Gasteiger partial charge in [-0.3, -0.25) is 0 Å². The molecule has 0 atom stereocenters. The fraction of sp³-hybridized carbons (Fsp3) is 0.200. The third-order valence-corrected chi connectivity index (χ3v) is 2.89. The summed E-state index contributed by atoms with van der Waals surface area (Å²) in [4.78, 5) is 0. The number of ether oxygens (including phenoxy) is 1. The van der Waals surface area contributed by atoms with E-state index in [0.29, 0.717) is 16.8 Å². The second-order valence-corrected chi connectivity index (χ2v) is 4.23. The Hall–Kier alpha value is -2.24. The van der Waals surface area contributed by atoms with Gasteiger partial charge in [0.25, 0.3) is 0 Å². The predicted octanol–water partition coefficient (Wildman–Crippen LogP) is 1.83. The lowest BCUT2D eigenvalue weighted by Gasteiger charge is -2.14. The van der Waals surface area contributed by atoms with Crippen LogP contribution in [0.2, 0.25) is 0 Å². The van der Waals surface area contributed by atoms with Crippen LogP contribution in [0.15, 0.2) is 42.5 Å². The van der Waals surface area contributed by atoms with Crippen molar-refractivity contribution >= 4 is 5.69 Å². The number of rotatable bonds is 6. The van der Waals surface area contributed by atoms with Crippen molar-refractivity contribution in [3.63, 3.8) is 0 Å². The Morgan fingerprint density at radius 3 is 2.30 bits per heavy atom. The Morgan fingerprint density at radius 2 is 1.65 bits per heavy atom. The van der Waals surface area contributed by atoms with Gasteiger partial charge in [0, 0.05) is 22.9 Å². The van der Waals surface area contributed by atoms with Gasteiger partial charge in [0.15, 0.2) is 6.73 Å². The van der Waals surface area contributed by atoms with Gasteiger partial charge >= 0.3 is 0 Å². The number of hydrogen-bond donors (Lipinski definition) is 4. The molecule has 0 aliphatic carbocycles. The summed E-state index contributed by atoms with van der Waals surface area (Å²) in [5, 5.41) is 31.1. The maximum Gasteiger partial charge on any atom is 0.159 e. The molecular weight excluding hydrogens is 258 g/mol. The van der Waals surface area contributed by atoms with E-state index in [0.717, 1.165) is 5.75 Å². The lowest BCUT2D eigenvalue weighted by Crippen LogP contribution is -2.10. The highest BCUT2D eigenvalue weighted by Crippen LogP contribution is 2.26. The normalized spacial score (nSPS) is 10.3. The summed E-state index contributed by atoms with van der Waals surface area (Å²) in [7, 11) is 0. The highest BCUT2D eigenvalue weighted by atomic mass is 16.5. The number of benzene rings is 2. The summed E-state index contributed by atoms with van der Waals surface area (Å²) in [5.41, 5.74) is 1.53. The van der Waals surface area contributed by atoms with Crippen LogP contribution in [0.3, 0.4) is 0 Å². The molecule has 0 bridgehead atoms. The SMILES string of the molecule is OCc1cc(CO)c(NCOc2ccccc2)cc1O. The number of anilines is 1. The molecule has 106 valence electrons. The molecule has 4 N–H and O–H groups in total. The van der Waals surface area contributed by atoms with Crippen LogP contribution in [0.5, 0.6) is 11.5 Å². The number of nitrogens with one attached hydrogen (secondary N) is 1. The molecule has 0 unspecified atom stereocenters. The highest BCUT2D eigenvalue weighted by molar-refractivity contribution is 5.57. The van der Waals surface area contributed by atoms with Crippen molar-refractivity contribution in [1.29, 1.82) is 0 Å². The van der Waals surface area contributed by atoms with E-state index in [1.165, 1.54) is 6.07 Å². The maximum absolute atomic E-state index is 9.71. The van der Waals surface area contributed by atoms with Gasteiger partial charge in [-0.15, -0.1) is 0 Å². The molecule has 0 spiro atoms. The van der Waals surface area contributed by atoms with E-state index in [1.807, 2.05) is 30.3 Å². The van der Waals surface area contributed by atoms with Crippen molar-refractivity contribution in [2.24, 2.45) is 0 Å². The first-order valence-corrected chi connectivity index (χ1v) is 6.22. The van der Waals surface area contributed by atoms with E-state index >= 15 is 0 Å². The second kappa shape index (κ2) is 6.79. The Bertz CT molecular complexity index is 557. The molecule has 0 aliphatic heterocycles. The van der Waals surface area contributed by atoms with Gasteiger partial charge in [-0.25, -0.2) is 0 Å². The third-order valence-electron chi connectivity index (χ3n) is 2.89. The Morgan fingerprint density at radius 1 is 0.950 bits per heavy atom. The first kappa shape index (κ1) is 14.2. The Kier molecular flexibility index (Phi) is 4.81. The second-order valence-electron chi connectivity index (χ2n) is 4.23. The van der Waals surface area contributed by atoms with Crippen molar-refractivity contribution in [3.8, 4) is 11.5 Å². The van der Waals surface area contributed by atoms with Crippen LogP contribution in [-0.4, -0.2) is 22.1 Å². The van der Waals surface area contributed by atoms with E-state index in [-0.39, 0.29) is 25.7 Å². The first-order chi connectivity index (χ1) is 9.74. The molecule has 20 heavy (non-hydrogen) atoms. The van der Waals surface area contributed by atoms with Gasteiger partial charge in [0.2, 0.25) is 0 Å². The van der Waals surface area contributed by atoms with Crippen molar-refractivity contribution in [2.75, 3.05) is 12.0 Å². The lowest BCUT2D eigenvalue weighted by atomic mass is 10.1. The standard InChI is InChI=1S/C15H17NO4/c17-8-11-6-12(9-18)15(19)7-14(11)16-10-20-13-4-2-1-3-5-13/h1-7,16-19H,8-10H2. The molecule has 0 fully saturated rings. The summed E-state index contributed by atoms with van der Waals surface area (Å²) in [5.74, 6) is 0.702. The van der Waals surface area contributed by atoms with Crippen LogP contribution < -0.4 is 10.1 Å². The van der Waals surface area contributed by atoms with Crippen LogP contribution >= 0.6 is 0 Å². The molecule has 0 aliphatic rings. The lowest BCUT2D eigenvalue weighted by molar-refractivity contribution is 0.271. The summed E-state index contributed by atoms with van der Waals surface area (Å²) in [6.45, 7) is -0.268. The van der Waals surface area contributed by atoms with Gasteiger partial charge in [0.05, 0.1) is 13.2 Å². The Balaban J connectivity index is 2.03. The summed E-state index contributed by atoms with van der Waals surface area (Å²) in [6.07, 6.45) is 0. The van der Waals surface area contributed by atoms with Crippen LogP contribution in [-0.2, 0) is 13.2 Å². The van der Waals surface area contributed by atoms with E-state index in [1.54, 1.807) is 6.07 Å². The summed E-state index contributed by atoms with van der Waals surface area (Å²) in [6, 6.07) is 12.3. The summed E-state index contributed by atoms with van der Waals surface area (Å²) < 4.78 is 5.48. The van der Waals surface area contributed by atoms with Gasteiger partial charge in [-0.1, -0.05) is 18.2 Å². The Labute approximate surface area is 117 Å². The van der Waals surface area contributed by atoms with Crippen LogP contribution in [0, 0.1) is 0 Å². The van der Waals surface area contributed by atoms with Gasteiger partial charge < -0.3 is 25.4 Å². The smallest absolute Gasteiger partial charge is 0.159 e. The van der Waals surface area contributed by atoms with E-state index in [4.69, 9.17) is 9.84 Å². The zero-order chi connectivity index (χ0) is 14.4. The number of hydrogen-bond acceptors (Lipinski definition) is 5. The molecule has 0 saturated heterocycles. The molecular formula is C15H17NO4.